The zero-order chi connectivity index (χ0) is 22.6. The highest BCUT2D eigenvalue weighted by Gasteiger charge is 2.18. The SMILES string of the molecule is CCc1c(Nc2ccccc2C(=O)c2ccccc2)nc2ccccc2c1-c1ccccc1. The largest absolute Gasteiger partial charge is 0.339 e. The van der Waals surface area contributed by atoms with Crippen molar-refractivity contribution >= 4 is 28.2 Å². The molecule has 0 saturated carbocycles. The lowest BCUT2D eigenvalue weighted by atomic mass is 9.94. The first kappa shape index (κ1) is 20.7. The lowest BCUT2D eigenvalue weighted by Gasteiger charge is -2.19. The number of aromatic nitrogens is 1. The van der Waals surface area contributed by atoms with E-state index in [1.54, 1.807) is 0 Å². The molecule has 0 amide bonds. The quantitative estimate of drug-likeness (QED) is 0.286. The molecule has 1 aromatic heterocycles. The first-order chi connectivity index (χ1) is 16.3. The van der Waals surface area contributed by atoms with Crippen LogP contribution in [0.2, 0.25) is 0 Å². The van der Waals surface area contributed by atoms with Gasteiger partial charge in [-0.1, -0.05) is 97.9 Å². The Balaban J connectivity index is 1.67. The van der Waals surface area contributed by atoms with Crippen molar-refractivity contribution in [1.82, 2.24) is 4.98 Å². The predicted molar refractivity (Wildman–Crippen MR) is 136 cm³/mol. The molecule has 0 aliphatic carbocycles. The molecular formula is C30H24N2O. The lowest BCUT2D eigenvalue weighted by molar-refractivity contribution is 0.103. The number of para-hydroxylation sites is 2. The fourth-order valence-corrected chi connectivity index (χ4v) is 4.30. The molecule has 0 radical (unpaired) electrons. The number of nitrogens with one attached hydrogen (secondary N) is 1. The Morgan fingerprint density at radius 1 is 0.758 bits per heavy atom. The molecule has 160 valence electrons. The molecular weight excluding hydrogens is 404 g/mol. The second-order valence-electron chi connectivity index (χ2n) is 7.92. The van der Waals surface area contributed by atoms with Gasteiger partial charge in [-0.2, -0.15) is 0 Å². The van der Waals surface area contributed by atoms with E-state index in [0.29, 0.717) is 11.1 Å². The fraction of sp³-hybridized carbons (Fsp3) is 0.0667. The maximum atomic E-state index is 13.3. The van der Waals surface area contributed by atoms with Crippen molar-refractivity contribution in [2.75, 3.05) is 5.32 Å². The molecule has 0 unspecified atom stereocenters. The molecule has 0 aliphatic heterocycles. The summed E-state index contributed by atoms with van der Waals surface area (Å²) in [4.78, 5) is 18.2. The fourth-order valence-electron chi connectivity index (χ4n) is 4.30. The van der Waals surface area contributed by atoms with Gasteiger partial charge in [0.25, 0.3) is 0 Å². The van der Waals surface area contributed by atoms with Gasteiger partial charge in [0, 0.05) is 22.1 Å². The first-order valence-electron chi connectivity index (χ1n) is 11.2. The van der Waals surface area contributed by atoms with Crippen molar-refractivity contribution in [2.45, 2.75) is 13.3 Å². The molecule has 5 aromatic rings. The van der Waals surface area contributed by atoms with Crippen LogP contribution in [0, 0.1) is 0 Å². The van der Waals surface area contributed by atoms with Gasteiger partial charge in [0.1, 0.15) is 5.82 Å². The van der Waals surface area contributed by atoms with Crippen molar-refractivity contribution < 1.29 is 4.79 Å². The second kappa shape index (κ2) is 9.09. The monoisotopic (exact) mass is 428 g/mol. The zero-order valence-corrected chi connectivity index (χ0v) is 18.5. The maximum absolute atomic E-state index is 13.3. The van der Waals surface area contributed by atoms with Crippen LogP contribution in [0.15, 0.2) is 109 Å². The Morgan fingerprint density at radius 3 is 2.15 bits per heavy atom. The van der Waals surface area contributed by atoms with E-state index in [1.165, 1.54) is 5.56 Å². The average Bonchev–Trinajstić information content (AvgIpc) is 2.89. The van der Waals surface area contributed by atoms with Gasteiger partial charge in [-0.25, -0.2) is 4.98 Å². The van der Waals surface area contributed by atoms with E-state index in [9.17, 15) is 4.79 Å². The molecule has 0 saturated heterocycles. The number of pyridine rings is 1. The number of hydrogen-bond donors (Lipinski definition) is 1. The number of hydrogen-bond acceptors (Lipinski definition) is 3. The minimum atomic E-state index is -0.0131. The minimum Gasteiger partial charge on any atom is -0.339 e. The van der Waals surface area contributed by atoms with E-state index < -0.39 is 0 Å². The second-order valence-corrected chi connectivity index (χ2v) is 7.92. The molecule has 33 heavy (non-hydrogen) atoms. The highest BCUT2D eigenvalue weighted by atomic mass is 16.1. The van der Waals surface area contributed by atoms with E-state index in [-0.39, 0.29) is 5.78 Å². The Labute approximate surface area is 193 Å². The van der Waals surface area contributed by atoms with Gasteiger partial charge >= 0.3 is 0 Å². The van der Waals surface area contributed by atoms with Crippen LogP contribution in [-0.2, 0) is 6.42 Å². The third kappa shape index (κ3) is 4.01. The molecule has 0 bridgehead atoms. The molecule has 5 rings (SSSR count). The Hall–Kier alpha value is -4.24. The van der Waals surface area contributed by atoms with Gasteiger partial charge in [-0.15, -0.1) is 0 Å². The van der Waals surface area contributed by atoms with E-state index in [1.807, 2.05) is 72.8 Å². The van der Waals surface area contributed by atoms with Crippen molar-refractivity contribution in [1.29, 1.82) is 0 Å². The summed E-state index contributed by atoms with van der Waals surface area (Å²) in [5, 5.41) is 4.64. The Bertz CT molecular complexity index is 1430. The summed E-state index contributed by atoms with van der Waals surface area (Å²) in [6.45, 7) is 2.14. The molecule has 4 aromatic carbocycles. The van der Waals surface area contributed by atoms with Gasteiger partial charge in [-0.3, -0.25) is 4.79 Å². The molecule has 0 aliphatic rings. The molecule has 3 nitrogen and oxygen atoms in total. The van der Waals surface area contributed by atoms with Crippen LogP contribution in [0.4, 0.5) is 11.5 Å². The van der Waals surface area contributed by atoms with E-state index >= 15 is 0 Å². The van der Waals surface area contributed by atoms with Gasteiger partial charge in [0.2, 0.25) is 0 Å². The van der Waals surface area contributed by atoms with Gasteiger partial charge < -0.3 is 5.32 Å². The van der Waals surface area contributed by atoms with Crippen molar-refractivity contribution in [2.24, 2.45) is 0 Å². The van der Waals surface area contributed by atoms with Crippen LogP contribution < -0.4 is 5.32 Å². The summed E-state index contributed by atoms with van der Waals surface area (Å²) in [7, 11) is 0. The number of fused-ring (bicyclic) bond motifs is 1. The van der Waals surface area contributed by atoms with Crippen molar-refractivity contribution in [3.05, 3.63) is 126 Å². The van der Waals surface area contributed by atoms with Crippen LogP contribution in [0.25, 0.3) is 22.0 Å². The number of carbonyl (C=O) groups is 1. The number of rotatable bonds is 6. The smallest absolute Gasteiger partial charge is 0.195 e. The molecule has 0 spiro atoms. The van der Waals surface area contributed by atoms with Crippen LogP contribution >= 0.6 is 0 Å². The summed E-state index contributed by atoms with van der Waals surface area (Å²) in [5.41, 5.74) is 6.43. The average molecular weight is 429 g/mol. The Kier molecular flexibility index (Phi) is 5.69. The van der Waals surface area contributed by atoms with E-state index in [0.717, 1.165) is 40.0 Å². The number of benzene rings is 4. The van der Waals surface area contributed by atoms with Gasteiger partial charge in [-0.05, 0) is 35.7 Å². The van der Waals surface area contributed by atoms with Gasteiger partial charge in [0.15, 0.2) is 5.78 Å². The topological polar surface area (TPSA) is 42.0 Å². The first-order valence-corrected chi connectivity index (χ1v) is 11.2. The summed E-state index contributed by atoms with van der Waals surface area (Å²) in [6, 6.07) is 35.7. The summed E-state index contributed by atoms with van der Waals surface area (Å²) in [5.74, 6) is 0.768. The van der Waals surface area contributed by atoms with Crippen molar-refractivity contribution in [3.63, 3.8) is 0 Å². The van der Waals surface area contributed by atoms with Crippen LogP contribution in [0.5, 0.6) is 0 Å². The van der Waals surface area contributed by atoms with Crippen LogP contribution in [-0.4, -0.2) is 10.8 Å². The highest BCUT2D eigenvalue weighted by Crippen LogP contribution is 2.37. The zero-order valence-electron chi connectivity index (χ0n) is 18.5. The van der Waals surface area contributed by atoms with Crippen LogP contribution in [0.1, 0.15) is 28.4 Å². The molecule has 1 N–H and O–H groups in total. The van der Waals surface area contributed by atoms with E-state index in [2.05, 4.69) is 48.6 Å². The van der Waals surface area contributed by atoms with Crippen LogP contribution in [0.3, 0.4) is 0 Å². The highest BCUT2D eigenvalue weighted by molar-refractivity contribution is 6.12. The number of carbonyl (C=O) groups excluding carboxylic acids is 1. The number of ketones is 1. The molecule has 1 heterocycles. The molecule has 0 atom stereocenters. The molecule has 0 fully saturated rings. The molecule has 3 heteroatoms. The maximum Gasteiger partial charge on any atom is 0.195 e. The van der Waals surface area contributed by atoms with E-state index in [4.69, 9.17) is 4.98 Å². The third-order valence-corrected chi connectivity index (χ3v) is 5.87. The van der Waals surface area contributed by atoms with Gasteiger partial charge in [0.05, 0.1) is 11.2 Å². The minimum absolute atomic E-state index is 0.0131. The summed E-state index contributed by atoms with van der Waals surface area (Å²) in [6.07, 6.45) is 0.805. The summed E-state index contributed by atoms with van der Waals surface area (Å²) < 4.78 is 0. The standard InChI is InChI=1S/C30H24N2O/c1-2-23-28(21-13-5-3-6-14-21)24-17-9-11-19-26(24)31-30(23)32-27-20-12-10-18-25(27)29(33)22-15-7-4-8-16-22/h3-20H,2H2,1H3,(H,31,32). The lowest BCUT2D eigenvalue weighted by Crippen LogP contribution is -2.08. The number of nitrogens with zero attached hydrogens (tertiary/aromatic N) is 1. The number of anilines is 2. The predicted octanol–water partition coefficient (Wildman–Crippen LogP) is 7.44. The summed E-state index contributed by atoms with van der Waals surface area (Å²) >= 11 is 0. The van der Waals surface area contributed by atoms with Crippen molar-refractivity contribution in [3.8, 4) is 11.1 Å². The normalized spacial score (nSPS) is 10.8. The third-order valence-electron chi connectivity index (χ3n) is 5.87. The Morgan fingerprint density at radius 2 is 1.39 bits per heavy atom.